The van der Waals surface area contributed by atoms with E-state index in [1.807, 2.05) is 0 Å². The van der Waals surface area contributed by atoms with Crippen LogP contribution < -0.4 is 11.3 Å². The molecule has 3 aromatic rings. The summed E-state index contributed by atoms with van der Waals surface area (Å²) in [4.78, 5) is 25.9. The number of carbonyl (C=O) groups excluding carboxylic acids is 1. The second kappa shape index (κ2) is 6.26. The lowest BCUT2D eigenvalue weighted by molar-refractivity contribution is 0.0520. The van der Waals surface area contributed by atoms with Gasteiger partial charge in [0.25, 0.3) is 5.56 Å². The second-order valence-corrected chi connectivity index (χ2v) is 6.73. The lowest BCUT2D eigenvalue weighted by Crippen LogP contribution is -2.25. The van der Waals surface area contributed by atoms with Gasteiger partial charge < -0.3 is 10.5 Å². The van der Waals surface area contributed by atoms with Gasteiger partial charge in [-0.2, -0.15) is 9.78 Å². The third-order valence-electron chi connectivity index (χ3n) is 3.49. The molecule has 0 aliphatic carbocycles. The quantitative estimate of drug-likeness (QED) is 0.722. The molecule has 124 valence electrons. The molecule has 0 unspecified atom stereocenters. The molecule has 2 N–H and O–H groups in total. The first-order valence-electron chi connectivity index (χ1n) is 7.19. The number of rotatable bonds is 3. The Morgan fingerprint density at radius 1 is 1.33 bits per heavy atom. The van der Waals surface area contributed by atoms with Gasteiger partial charge in [0.2, 0.25) is 0 Å². The Labute approximate surface area is 146 Å². The van der Waals surface area contributed by atoms with Gasteiger partial charge in [0.1, 0.15) is 0 Å². The summed E-state index contributed by atoms with van der Waals surface area (Å²) >= 11 is 7.13. The Kier molecular flexibility index (Phi) is 4.29. The van der Waals surface area contributed by atoms with Crippen LogP contribution in [0.2, 0.25) is 5.02 Å². The van der Waals surface area contributed by atoms with E-state index in [0.717, 1.165) is 9.56 Å². The molecule has 1 aromatic carbocycles. The number of thiophene rings is 1. The Hall–Kier alpha value is -2.38. The minimum Gasteiger partial charge on any atom is -0.461 e. The van der Waals surface area contributed by atoms with Crippen LogP contribution in [-0.4, -0.2) is 22.4 Å². The van der Waals surface area contributed by atoms with Gasteiger partial charge in [0.05, 0.1) is 22.7 Å². The summed E-state index contributed by atoms with van der Waals surface area (Å²) in [5, 5.41) is 5.85. The molecule has 0 aliphatic rings. The minimum absolute atomic E-state index is 0.0758. The van der Waals surface area contributed by atoms with Crippen molar-refractivity contribution in [2.75, 3.05) is 12.3 Å². The molecule has 0 saturated carbocycles. The number of esters is 1. The van der Waals surface area contributed by atoms with E-state index >= 15 is 0 Å². The fraction of sp³-hybridized carbons (Fsp3) is 0.188. The lowest BCUT2D eigenvalue weighted by Gasteiger charge is -2.09. The lowest BCUT2D eigenvalue weighted by atomic mass is 10.2. The molecule has 0 fully saturated rings. The highest BCUT2D eigenvalue weighted by Crippen LogP contribution is 2.32. The van der Waals surface area contributed by atoms with Crippen LogP contribution in [0.1, 0.15) is 22.3 Å². The molecule has 0 aliphatic heterocycles. The van der Waals surface area contributed by atoms with E-state index in [9.17, 15) is 9.59 Å². The van der Waals surface area contributed by atoms with Crippen LogP contribution in [0.15, 0.2) is 29.1 Å². The number of aromatic nitrogens is 2. The van der Waals surface area contributed by atoms with Crippen molar-refractivity contribution in [1.29, 1.82) is 0 Å². The number of nitrogens with zero attached hydrogens (tertiary/aromatic N) is 2. The van der Waals surface area contributed by atoms with Crippen molar-refractivity contribution in [3.63, 3.8) is 0 Å². The van der Waals surface area contributed by atoms with E-state index in [4.69, 9.17) is 22.1 Å². The highest BCUT2D eigenvalue weighted by atomic mass is 35.5. The number of hydrogen-bond donors (Lipinski definition) is 1. The molecule has 0 spiro atoms. The molecule has 24 heavy (non-hydrogen) atoms. The zero-order chi connectivity index (χ0) is 17.4. The molecule has 0 saturated heterocycles. The summed E-state index contributed by atoms with van der Waals surface area (Å²) in [5.74, 6) is -0.592. The Bertz CT molecular complexity index is 992. The molecule has 0 atom stereocenters. The summed E-state index contributed by atoms with van der Waals surface area (Å²) < 4.78 is 6.22. The smallest absolute Gasteiger partial charge is 0.359 e. The standard InChI is InChI=1S/C16H14ClN3O3S/c1-3-23-16(22)13-11-8(2)24-14(18)12(11)15(21)20(19-13)10-6-4-9(17)5-7-10/h4-7H,3,18H2,1-2H3. The first-order chi connectivity index (χ1) is 11.4. The van der Waals surface area contributed by atoms with Crippen molar-refractivity contribution in [1.82, 2.24) is 9.78 Å². The molecule has 6 nitrogen and oxygen atoms in total. The number of hydrogen-bond acceptors (Lipinski definition) is 6. The molecule has 0 radical (unpaired) electrons. The largest absolute Gasteiger partial charge is 0.461 e. The van der Waals surface area contributed by atoms with Crippen LogP contribution in [0.5, 0.6) is 0 Å². The number of halogens is 1. The van der Waals surface area contributed by atoms with Crippen molar-refractivity contribution in [2.45, 2.75) is 13.8 Å². The third-order valence-corrected chi connectivity index (χ3v) is 4.68. The van der Waals surface area contributed by atoms with E-state index in [1.165, 1.54) is 11.3 Å². The van der Waals surface area contributed by atoms with Gasteiger partial charge in [0, 0.05) is 15.3 Å². The van der Waals surface area contributed by atoms with Gasteiger partial charge in [-0.05, 0) is 38.1 Å². The zero-order valence-electron chi connectivity index (χ0n) is 13.0. The van der Waals surface area contributed by atoms with Gasteiger partial charge in [-0.1, -0.05) is 11.6 Å². The Morgan fingerprint density at radius 2 is 2.00 bits per heavy atom. The molecule has 2 aromatic heterocycles. The maximum Gasteiger partial charge on any atom is 0.359 e. The molecule has 8 heteroatoms. The number of carbonyl (C=O) groups is 1. The van der Waals surface area contributed by atoms with Gasteiger partial charge in [-0.25, -0.2) is 4.79 Å². The summed E-state index contributed by atoms with van der Waals surface area (Å²) in [6.07, 6.45) is 0. The van der Waals surface area contributed by atoms with E-state index in [-0.39, 0.29) is 23.2 Å². The summed E-state index contributed by atoms with van der Waals surface area (Å²) in [7, 11) is 0. The first-order valence-corrected chi connectivity index (χ1v) is 8.38. The summed E-state index contributed by atoms with van der Waals surface area (Å²) in [6, 6.07) is 6.57. The number of benzene rings is 1. The number of fused-ring (bicyclic) bond motifs is 1. The van der Waals surface area contributed by atoms with Gasteiger partial charge in [-0.15, -0.1) is 11.3 Å². The van der Waals surface area contributed by atoms with E-state index < -0.39 is 5.97 Å². The number of aryl methyl sites for hydroxylation is 1. The van der Waals surface area contributed by atoms with Crippen molar-refractivity contribution in [3.8, 4) is 5.69 Å². The van der Waals surface area contributed by atoms with E-state index in [0.29, 0.717) is 21.1 Å². The van der Waals surface area contributed by atoms with Crippen molar-refractivity contribution >= 4 is 44.7 Å². The minimum atomic E-state index is -0.592. The normalized spacial score (nSPS) is 11.0. The van der Waals surface area contributed by atoms with Gasteiger partial charge in [0.15, 0.2) is 5.69 Å². The van der Waals surface area contributed by atoms with Gasteiger partial charge >= 0.3 is 5.97 Å². The Morgan fingerprint density at radius 3 is 2.62 bits per heavy atom. The summed E-state index contributed by atoms with van der Waals surface area (Å²) in [5.41, 5.74) is 6.17. The number of nitrogen functional groups attached to an aromatic ring is 1. The van der Waals surface area contributed by atoms with Crippen LogP contribution >= 0.6 is 22.9 Å². The number of nitrogens with two attached hydrogens (primary N) is 1. The molecule has 0 bridgehead atoms. The van der Waals surface area contributed by atoms with Gasteiger partial charge in [-0.3, -0.25) is 4.79 Å². The highest BCUT2D eigenvalue weighted by Gasteiger charge is 2.23. The molecular weight excluding hydrogens is 350 g/mol. The van der Waals surface area contributed by atoms with E-state index in [1.54, 1.807) is 38.1 Å². The fourth-order valence-electron chi connectivity index (χ4n) is 2.46. The fourth-order valence-corrected chi connectivity index (χ4v) is 3.51. The number of ether oxygens (including phenoxy) is 1. The first kappa shape index (κ1) is 16.5. The van der Waals surface area contributed by atoms with Crippen LogP contribution in [-0.2, 0) is 4.74 Å². The highest BCUT2D eigenvalue weighted by molar-refractivity contribution is 7.17. The zero-order valence-corrected chi connectivity index (χ0v) is 14.6. The topological polar surface area (TPSA) is 87.2 Å². The van der Waals surface area contributed by atoms with Crippen LogP contribution in [0, 0.1) is 6.92 Å². The summed E-state index contributed by atoms with van der Waals surface area (Å²) in [6.45, 7) is 3.71. The van der Waals surface area contributed by atoms with Crippen LogP contribution in [0.25, 0.3) is 16.5 Å². The Balaban J connectivity index is 2.37. The van der Waals surface area contributed by atoms with Crippen LogP contribution in [0.4, 0.5) is 5.00 Å². The predicted molar refractivity (Wildman–Crippen MR) is 95.3 cm³/mol. The van der Waals surface area contributed by atoms with Crippen molar-refractivity contribution in [2.24, 2.45) is 0 Å². The average molecular weight is 364 g/mol. The molecular formula is C16H14ClN3O3S. The van der Waals surface area contributed by atoms with E-state index in [2.05, 4.69) is 5.10 Å². The monoisotopic (exact) mass is 363 g/mol. The predicted octanol–water partition coefficient (Wildman–Crippen LogP) is 3.17. The molecule has 3 rings (SSSR count). The van der Waals surface area contributed by atoms with Crippen molar-refractivity contribution in [3.05, 3.63) is 50.2 Å². The SMILES string of the molecule is CCOC(=O)c1nn(-c2ccc(Cl)cc2)c(=O)c2c(N)sc(C)c12. The maximum absolute atomic E-state index is 12.8. The average Bonchev–Trinajstić information content (AvgIpc) is 2.84. The van der Waals surface area contributed by atoms with Crippen LogP contribution in [0.3, 0.4) is 0 Å². The molecule has 2 heterocycles. The molecule has 0 amide bonds. The number of anilines is 1. The maximum atomic E-state index is 12.8. The third kappa shape index (κ3) is 2.65. The second-order valence-electron chi connectivity index (χ2n) is 5.03. The van der Waals surface area contributed by atoms with Crippen molar-refractivity contribution < 1.29 is 9.53 Å².